The molecule has 0 fully saturated rings. The molecule has 0 aliphatic heterocycles. The summed E-state index contributed by atoms with van der Waals surface area (Å²) in [6.45, 7) is 0.738. The van der Waals surface area contributed by atoms with Gasteiger partial charge in [0.05, 0.1) is 17.0 Å². The normalized spacial score (nSPS) is 10.1. The number of anilines is 1. The fraction of sp³-hybridized carbons (Fsp3) is 0.154. The van der Waals surface area contributed by atoms with Gasteiger partial charge in [-0.3, -0.25) is 0 Å². The molecule has 0 atom stereocenters. The molecule has 21 heavy (non-hydrogen) atoms. The first kappa shape index (κ1) is 14.9. The van der Waals surface area contributed by atoms with Crippen molar-refractivity contribution >= 4 is 29.3 Å². The van der Waals surface area contributed by atoms with E-state index in [1.165, 1.54) is 12.5 Å². The maximum Gasteiger partial charge on any atom is 0.356 e. The number of amides is 2. The number of halogens is 1. The molecule has 0 aliphatic carbocycles. The highest BCUT2D eigenvalue weighted by Crippen LogP contribution is 2.19. The van der Waals surface area contributed by atoms with Gasteiger partial charge in [0.15, 0.2) is 5.69 Å². The molecule has 2 rings (SSSR count). The van der Waals surface area contributed by atoms with Crippen molar-refractivity contribution in [2.75, 3.05) is 11.9 Å². The standard InChI is InChI=1S/C13H13ClN4O3/c14-9-3-1-2-4-10(9)17-13(21)15-5-6-18-7-11(12(19)20)16-8-18/h1-4,7-8H,5-6H2,(H,19,20)(H2,15,17,21). The Balaban J connectivity index is 1.79. The van der Waals surface area contributed by atoms with Crippen molar-refractivity contribution in [2.24, 2.45) is 0 Å². The summed E-state index contributed by atoms with van der Waals surface area (Å²) in [5.41, 5.74) is 0.489. The minimum absolute atomic E-state index is 0.0319. The monoisotopic (exact) mass is 308 g/mol. The molecule has 0 saturated heterocycles. The van der Waals surface area contributed by atoms with Crippen molar-refractivity contribution in [3.63, 3.8) is 0 Å². The molecule has 1 heterocycles. The van der Waals surface area contributed by atoms with Crippen molar-refractivity contribution in [3.8, 4) is 0 Å². The number of aromatic carboxylic acids is 1. The van der Waals surface area contributed by atoms with E-state index in [-0.39, 0.29) is 11.7 Å². The smallest absolute Gasteiger partial charge is 0.356 e. The quantitative estimate of drug-likeness (QED) is 0.787. The molecule has 0 aliphatic rings. The highest BCUT2D eigenvalue weighted by molar-refractivity contribution is 6.33. The van der Waals surface area contributed by atoms with E-state index in [4.69, 9.17) is 16.7 Å². The van der Waals surface area contributed by atoms with Crippen LogP contribution in [0.3, 0.4) is 0 Å². The fourth-order valence-corrected chi connectivity index (χ4v) is 1.80. The molecule has 1 aromatic heterocycles. The summed E-state index contributed by atoms with van der Waals surface area (Å²) in [4.78, 5) is 26.0. The summed E-state index contributed by atoms with van der Waals surface area (Å²) in [7, 11) is 0. The Morgan fingerprint density at radius 2 is 2.10 bits per heavy atom. The van der Waals surface area contributed by atoms with E-state index in [0.717, 1.165) is 0 Å². The predicted molar refractivity (Wildman–Crippen MR) is 77.7 cm³/mol. The van der Waals surface area contributed by atoms with Gasteiger partial charge >= 0.3 is 12.0 Å². The third-order valence-corrected chi connectivity index (χ3v) is 2.96. The average molecular weight is 309 g/mol. The Morgan fingerprint density at radius 1 is 1.33 bits per heavy atom. The Morgan fingerprint density at radius 3 is 2.76 bits per heavy atom. The molecule has 0 spiro atoms. The van der Waals surface area contributed by atoms with Crippen LogP contribution in [0.5, 0.6) is 0 Å². The average Bonchev–Trinajstić information content (AvgIpc) is 2.90. The number of carboxylic acid groups (broad SMARTS) is 1. The van der Waals surface area contributed by atoms with Gasteiger partial charge in [0.1, 0.15) is 0 Å². The van der Waals surface area contributed by atoms with E-state index in [2.05, 4.69) is 15.6 Å². The molecule has 2 amide bonds. The van der Waals surface area contributed by atoms with Crippen LogP contribution in [0.1, 0.15) is 10.5 Å². The third-order valence-electron chi connectivity index (χ3n) is 2.63. The lowest BCUT2D eigenvalue weighted by Crippen LogP contribution is -2.31. The van der Waals surface area contributed by atoms with E-state index >= 15 is 0 Å². The lowest BCUT2D eigenvalue weighted by Gasteiger charge is -2.09. The van der Waals surface area contributed by atoms with Crippen LogP contribution in [0.2, 0.25) is 5.02 Å². The number of rotatable bonds is 5. The molecular weight excluding hydrogens is 296 g/mol. The number of para-hydroxylation sites is 1. The Kier molecular flexibility index (Phi) is 4.78. The minimum Gasteiger partial charge on any atom is -0.476 e. The second-order valence-corrected chi connectivity index (χ2v) is 4.57. The van der Waals surface area contributed by atoms with Gasteiger partial charge in [0.2, 0.25) is 0 Å². The van der Waals surface area contributed by atoms with Crippen LogP contribution < -0.4 is 10.6 Å². The topological polar surface area (TPSA) is 96.2 Å². The first-order valence-corrected chi connectivity index (χ1v) is 6.48. The lowest BCUT2D eigenvalue weighted by molar-refractivity contribution is 0.0691. The summed E-state index contributed by atoms with van der Waals surface area (Å²) < 4.78 is 1.58. The number of carbonyl (C=O) groups is 2. The van der Waals surface area contributed by atoms with Gasteiger partial charge in [-0.05, 0) is 12.1 Å². The number of hydrogen-bond donors (Lipinski definition) is 3. The number of benzene rings is 1. The molecule has 0 unspecified atom stereocenters. The number of nitrogens with zero attached hydrogens (tertiary/aromatic N) is 2. The molecule has 8 heteroatoms. The third kappa shape index (κ3) is 4.22. The first-order chi connectivity index (χ1) is 10.1. The largest absolute Gasteiger partial charge is 0.476 e. The van der Waals surface area contributed by atoms with Gasteiger partial charge in [-0.15, -0.1) is 0 Å². The van der Waals surface area contributed by atoms with Gasteiger partial charge in [0.25, 0.3) is 0 Å². The number of carboxylic acids is 1. The van der Waals surface area contributed by atoms with Gasteiger partial charge in [-0.2, -0.15) is 0 Å². The zero-order valence-corrected chi connectivity index (χ0v) is 11.7. The molecule has 0 bridgehead atoms. The van der Waals surface area contributed by atoms with Crippen LogP contribution in [-0.2, 0) is 6.54 Å². The van der Waals surface area contributed by atoms with E-state index in [9.17, 15) is 9.59 Å². The van der Waals surface area contributed by atoms with E-state index in [1.807, 2.05) is 0 Å². The Bertz CT molecular complexity index is 656. The Labute approximate surface area is 125 Å². The molecule has 2 aromatic rings. The maximum atomic E-state index is 11.7. The molecule has 1 aromatic carbocycles. The van der Waals surface area contributed by atoms with Gasteiger partial charge in [0, 0.05) is 19.3 Å². The van der Waals surface area contributed by atoms with Crippen LogP contribution in [0.25, 0.3) is 0 Å². The highest BCUT2D eigenvalue weighted by atomic mass is 35.5. The van der Waals surface area contributed by atoms with Gasteiger partial charge in [-0.25, -0.2) is 14.6 Å². The summed E-state index contributed by atoms with van der Waals surface area (Å²) >= 11 is 5.92. The molecule has 0 saturated carbocycles. The summed E-state index contributed by atoms with van der Waals surface area (Å²) in [5.74, 6) is -1.09. The summed E-state index contributed by atoms with van der Waals surface area (Å²) in [6, 6.07) is 6.51. The van der Waals surface area contributed by atoms with Crippen LogP contribution in [0.15, 0.2) is 36.8 Å². The van der Waals surface area contributed by atoms with Crippen LogP contribution in [0.4, 0.5) is 10.5 Å². The van der Waals surface area contributed by atoms with Crippen molar-refractivity contribution in [3.05, 3.63) is 47.5 Å². The molecular formula is C13H13ClN4O3. The molecule has 3 N–H and O–H groups in total. The van der Waals surface area contributed by atoms with E-state index in [0.29, 0.717) is 23.8 Å². The molecule has 110 valence electrons. The number of urea groups is 1. The number of aromatic nitrogens is 2. The minimum atomic E-state index is -1.09. The zero-order chi connectivity index (χ0) is 15.2. The second kappa shape index (κ2) is 6.76. The highest BCUT2D eigenvalue weighted by Gasteiger charge is 2.07. The maximum absolute atomic E-state index is 11.7. The SMILES string of the molecule is O=C(NCCn1cnc(C(=O)O)c1)Nc1ccccc1Cl. The van der Waals surface area contributed by atoms with Crippen LogP contribution in [-0.4, -0.2) is 33.2 Å². The lowest BCUT2D eigenvalue weighted by atomic mass is 10.3. The predicted octanol–water partition coefficient (Wildman–Crippen LogP) is 2.06. The van der Waals surface area contributed by atoms with Crippen molar-refractivity contribution in [1.82, 2.24) is 14.9 Å². The summed E-state index contributed by atoms with van der Waals surface area (Å²) in [5, 5.41) is 14.4. The fourth-order valence-electron chi connectivity index (χ4n) is 1.62. The van der Waals surface area contributed by atoms with Crippen molar-refractivity contribution in [2.45, 2.75) is 6.54 Å². The van der Waals surface area contributed by atoms with Crippen molar-refractivity contribution in [1.29, 1.82) is 0 Å². The van der Waals surface area contributed by atoms with Crippen molar-refractivity contribution < 1.29 is 14.7 Å². The van der Waals surface area contributed by atoms with E-state index in [1.54, 1.807) is 28.8 Å². The van der Waals surface area contributed by atoms with Crippen LogP contribution in [0, 0.1) is 0 Å². The van der Waals surface area contributed by atoms with E-state index < -0.39 is 5.97 Å². The Hall–Kier alpha value is -2.54. The number of imidazole rings is 1. The van der Waals surface area contributed by atoms with Crippen LogP contribution >= 0.6 is 11.6 Å². The number of hydrogen-bond acceptors (Lipinski definition) is 3. The first-order valence-electron chi connectivity index (χ1n) is 6.10. The number of nitrogens with one attached hydrogen (secondary N) is 2. The molecule has 7 nitrogen and oxygen atoms in total. The van der Waals surface area contributed by atoms with Gasteiger partial charge < -0.3 is 20.3 Å². The zero-order valence-electron chi connectivity index (χ0n) is 10.9. The van der Waals surface area contributed by atoms with Gasteiger partial charge in [-0.1, -0.05) is 23.7 Å². The second-order valence-electron chi connectivity index (χ2n) is 4.16. The molecule has 0 radical (unpaired) electrons. The number of carbonyl (C=O) groups excluding carboxylic acids is 1. The summed E-state index contributed by atoms with van der Waals surface area (Å²) in [6.07, 6.45) is 2.80.